The maximum Gasteiger partial charge on any atom is 0.246 e. The first-order chi connectivity index (χ1) is 15.9. The van der Waals surface area contributed by atoms with Gasteiger partial charge in [0.25, 0.3) is 0 Å². The highest BCUT2D eigenvalue weighted by Gasteiger charge is 2.12. The number of benzene rings is 2. The van der Waals surface area contributed by atoms with Gasteiger partial charge in [-0.05, 0) is 61.9 Å². The van der Waals surface area contributed by atoms with Gasteiger partial charge in [-0.2, -0.15) is 0 Å². The van der Waals surface area contributed by atoms with Crippen molar-refractivity contribution in [1.82, 2.24) is 14.9 Å². The summed E-state index contributed by atoms with van der Waals surface area (Å²) in [5.74, 6) is 2.43. The summed E-state index contributed by atoms with van der Waals surface area (Å²) < 4.78 is 8.55. The fourth-order valence-electron chi connectivity index (χ4n) is 3.99. The third-order valence-corrected chi connectivity index (χ3v) is 5.85. The van der Waals surface area contributed by atoms with E-state index in [4.69, 9.17) is 9.72 Å². The average molecular weight is 448 g/mol. The van der Waals surface area contributed by atoms with E-state index in [1.54, 1.807) is 6.92 Å². The van der Waals surface area contributed by atoms with Crippen molar-refractivity contribution in [1.29, 1.82) is 0 Å². The molecule has 0 unspecified atom stereocenters. The smallest absolute Gasteiger partial charge is 0.246 e. The van der Waals surface area contributed by atoms with Crippen LogP contribution in [0.3, 0.4) is 0 Å². The van der Waals surface area contributed by atoms with Crippen LogP contribution in [0.5, 0.6) is 5.75 Å². The summed E-state index contributed by atoms with van der Waals surface area (Å²) in [4.78, 5) is 16.5. The van der Waals surface area contributed by atoms with E-state index in [2.05, 4.69) is 73.6 Å². The molecule has 1 amide bonds. The van der Waals surface area contributed by atoms with Crippen molar-refractivity contribution in [2.45, 2.75) is 65.8 Å². The first-order valence-electron chi connectivity index (χ1n) is 12.0. The quantitative estimate of drug-likeness (QED) is 0.276. The van der Waals surface area contributed by atoms with Gasteiger partial charge in [-0.25, -0.2) is 4.98 Å². The molecule has 0 atom stereocenters. The zero-order chi connectivity index (χ0) is 23.8. The summed E-state index contributed by atoms with van der Waals surface area (Å²) in [5, 5.41) is 2.90. The molecule has 3 aromatic rings. The summed E-state index contributed by atoms with van der Waals surface area (Å²) in [6, 6.07) is 14.7. The zero-order valence-electron chi connectivity index (χ0n) is 20.5. The van der Waals surface area contributed by atoms with Gasteiger partial charge in [0.2, 0.25) is 5.91 Å². The largest absolute Gasteiger partial charge is 0.491 e. The fourth-order valence-corrected chi connectivity index (χ4v) is 3.99. The molecule has 0 bridgehead atoms. The van der Waals surface area contributed by atoms with Crippen LogP contribution in [0, 0.1) is 6.92 Å². The number of carbonyl (C=O) groups excluding carboxylic acids is 1. The number of ether oxygens (including phenoxy) is 1. The lowest BCUT2D eigenvalue weighted by Gasteiger charge is -2.16. The Morgan fingerprint density at radius 1 is 1.15 bits per heavy atom. The SMILES string of the molecule is C=C(C)C(=O)NCCCCCc1nc2ccccc2n1CCOc1cc(C)ccc1C(C)C. The van der Waals surface area contributed by atoms with Gasteiger partial charge in [-0.1, -0.05) is 51.1 Å². The molecular formula is C28H37N3O2. The Balaban J connectivity index is 1.61. The molecule has 0 aliphatic heterocycles. The Hall–Kier alpha value is -3.08. The van der Waals surface area contributed by atoms with E-state index < -0.39 is 0 Å². The van der Waals surface area contributed by atoms with Crippen LogP contribution in [0.1, 0.15) is 62.9 Å². The highest BCUT2D eigenvalue weighted by molar-refractivity contribution is 5.92. The number of aryl methyl sites for hydroxylation is 2. The van der Waals surface area contributed by atoms with Crippen molar-refractivity contribution >= 4 is 16.9 Å². The van der Waals surface area contributed by atoms with Crippen LogP contribution in [0.2, 0.25) is 0 Å². The Morgan fingerprint density at radius 2 is 1.94 bits per heavy atom. The van der Waals surface area contributed by atoms with Gasteiger partial charge in [0.1, 0.15) is 18.2 Å². The molecule has 5 heteroatoms. The van der Waals surface area contributed by atoms with E-state index >= 15 is 0 Å². The maximum atomic E-state index is 11.6. The standard InChI is InChI=1S/C28H37N3O2/c1-20(2)23-15-14-22(5)19-26(23)33-18-17-31-25-12-9-8-11-24(25)30-27(31)13-7-6-10-16-29-28(32)21(3)4/h8-9,11-12,14-15,19-20H,3,6-7,10,13,16-18H2,1-2,4-5H3,(H,29,32). The summed E-state index contributed by atoms with van der Waals surface area (Å²) in [7, 11) is 0. The molecule has 1 aromatic heterocycles. The number of aromatic nitrogens is 2. The van der Waals surface area contributed by atoms with Gasteiger partial charge in [0.15, 0.2) is 0 Å². The molecule has 1 heterocycles. The third-order valence-electron chi connectivity index (χ3n) is 5.85. The fraction of sp³-hybridized carbons (Fsp3) is 0.429. The highest BCUT2D eigenvalue weighted by Crippen LogP contribution is 2.27. The van der Waals surface area contributed by atoms with Crippen molar-refractivity contribution in [3.63, 3.8) is 0 Å². The van der Waals surface area contributed by atoms with Crippen LogP contribution in [-0.2, 0) is 17.8 Å². The number of amides is 1. The minimum Gasteiger partial charge on any atom is -0.491 e. The minimum atomic E-state index is -0.0639. The molecule has 176 valence electrons. The van der Waals surface area contributed by atoms with Crippen LogP contribution in [0.4, 0.5) is 0 Å². The van der Waals surface area contributed by atoms with Crippen molar-refractivity contribution in [2.75, 3.05) is 13.2 Å². The van der Waals surface area contributed by atoms with E-state index in [1.165, 1.54) is 11.1 Å². The number of rotatable bonds is 12. The molecule has 0 aliphatic rings. The Kier molecular flexibility index (Phi) is 8.70. The lowest BCUT2D eigenvalue weighted by Crippen LogP contribution is -2.24. The van der Waals surface area contributed by atoms with Crippen LogP contribution < -0.4 is 10.1 Å². The topological polar surface area (TPSA) is 56.2 Å². The minimum absolute atomic E-state index is 0.0639. The molecule has 0 saturated carbocycles. The van der Waals surface area contributed by atoms with E-state index in [0.717, 1.165) is 54.8 Å². The molecule has 0 fully saturated rings. The van der Waals surface area contributed by atoms with Crippen molar-refractivity contribution in [3.8, 4) is 5.75 Å². The molecule has 0 saturated heterocycles. The maximum absolute atomic E-state index is 11.6. The molecular weight excluding hydrogens is 410 g/mol. The number of nitrogens with one attached hydrogen (secondary N) is 1. The number of carbonyl (C=O) groups is 1. The van der Waals surface area contributed by atoms with E-state index in [1.807, 2.05) is 6.07 Å². The van der Waals surface area contributed by atoms with E-state index in [-0.39, 0.29) is 5.91 Å². The van der Waals surface area contributed by atoms with Crippen molar-refractivity contribution in [2.24, 2.45) is 0 Å². The molecule has 33 heavy (non-hydrogen) atoms. The van der Waals surface area contributed by atoms with Gasteiger partial charge in [0.05, 0.1) is 17.6 Å². The second-order valence-corrected chi connectivity index (χ2v) is 9.06. The number of para-hydroxylation sites is 2. The molecule has 2 aromatic carbocycles. The normalized spacial score (nSPS) is 11.2. The van der Waals surface area contributed by atoms with Crippen molar-refractivity contribution < 1.29 is 9.53 Å². The van der Waals surface area contributed by atoms with Crippen LogP contribution in [0.15, 0.2) is 54.6 Å². The van der Waals surface area contributed by atoms with Crippen LogP contribution in [0.25, 0.3) is 11.0 Å². The lowest BCUT2D eigenvalue weighted by molar-refractivity contribution is -0.117. The predicted molar refractivity (Wildman–Crippen MR) is 136 cm³/mol. The Labute approximate surface area is 197 Å². The van der Waals surface area contributed by atoms with Gasteiger partial charge in [-0.3, -0.25) is 4.79 Å². The molecule has 5 nitrogen and oxygen atoms in total. The lowest BCUT2D eigenvalue weighted by atomic mass is 10.0. The van der Waals surface area contributed by atoms with Gasteiger partial charge in [0, 0.05) is 18.5 Å². The molecule has 1 N–H and O–H groups in total. The monoisotopic (exact) mass is 447 g/mol. The second kappa shape index (κ2) is 11.7. The number of imidazole rings is 1. The summed E-state index contributed by atoms with van der Waals surface area (Å²) in [6.07, 6.45) is 3.93. The summed E-state index contributed by atoms with van der Waals surface area (Å²) >= 11 is 0. The molecule has 0 aliphatic carbocycles. The third kappa shape index (κ3) is 6.70. The van der Waals surface area contributed by atoms with Gasteiger partial charge in [-0.15, -0.1) is 0 Å². The first-order valence-corrected chi connectivity index (χ1v) is 12.0. The zero-order valence-corrected chi connectivity index (χ0v) is 20.5. The Bertz CT molecular complexity index is 1100. The second-order valence-electron chi connectivity index (χ2n) is 9.06. The Morgan fingerprint density at radius 3 is 2.70 bits per heavy atom. The van der Waals surface area contributed by atoms with Crippen LogP contribution in [-0.4, -0.2) is 28.6 Å². The van der Waals surface area contributed by atoms with Gasteiger partial charge >= 0.3 is 0 Å². The number of hydrogen-bond acceptors (Lipinski definition) is 3. The van der Waals surface area contributed by atoms with E-state index in [0.29, 0.717) is 24.6 Å². The summed E-state index contributed by atoms with van der Waals surface area (Å²) in [6.45, 7) is 13.9. The number of hydrogen-bond donors (Lipinski definition) is 1. The highest BCUT2D eigenvalue weighted by atomic mass is 16.5. The van der Waals surface area contributed by atoms with E-state index in [9.17, 15) is 4.79 Å². The average Bonchev–Trinajstić information content (AvgIpc) is 3.13. The molecule has 0 spiro atoms. The number of nitrogens with zero attached hydrogens (tertiary/aromatic N) is 2. The molecule has 3 rings (SSSR count). The van der Waals surface area contributed by atoms with Crippen LogP contribution >= 0.6 is 0 Å². The molecule has 0 radical (unpaired) electrons. The summed E-state index contributed by atoms with van der Waals surface area (Å²) in [5.41, 5.74) is 5.19. The number of unbranched alkanes of at least 4 members (excludes halogenated alkanes) is 2. The predicted octanol–water partition coefficient (Wildman–Crippen LogP) is 5.95. The first kappa shape index (κ1) is 24.6. The van der Waals surface area contributed by atoms with Gasteiger partial charge < -0.3 is 14.6 Å². The van der Waals surface area contributed by atoms with Crippen molar-refractivity contribution in [3.05, 3.63) is 71.6 Å². The number of fused-ring (bicyclic) bond motifs is 1.